The number of fused-ring (bicyclic) bond motifs is 1. The molecule has 2 N–H and O–H groups in total. The summed E-state index contributed by atoms with van der Waals surface area (Å²) >= 11 is 0. The molecule has 126 valence electrons. The molecule has 1 amide bonds. The summed E-state index contributed by atoms with van der Waals surface area (Å²) in [5.74, 6) is 0.665. The Kier molecular flexibility index (Phi) is 3.80. The molecule has 1 fully saturated rings. The van der Waals surface area contributed by atoms with E-state index in [9.17, 15) is 4.79 Å². The fourth-order valence-electron chi connectivity index (χ4n) is 2.77. The first-order chi connectivity index (χ1) is 12.1. The summed E-state index contributed by atoms with van der Waals surface area (Å²) in [6.45, 7) is 3.96. The van der Waals surface area contributed by atoms with Crippen molar-refractivity contribution in [3.63, 3.8) is 0 Å². The lowest BCUT2D eigenvalue weighted by atomic mass is 10.1. The molecule has 1 aromatic carbocycles. The molecule has 25 heavy (non-hydrogen) atoms. The van der Waals surface area contributed by atoms with Crippen LogP contribution in [0.1, 0.15) is 26.7 Å². The van der Waals surface area contributed by atoms with E-state index in [2.05, 4.69) is 20.4 Å². The normalized spacial score (nSPS) is 13.7. The molecule has 0 unspecified atom stereocenters. The monoisotopic (exact) mass is 334 g/mol. The maximum Gasteiger partial charge on any atom is 0.358 e. The van der Waals surface area contributed by atoms with Crippen molar-refractivity contribution in [2.75, 3.05) is 5.32 Å². The zero-order valence-corrected chi connectivity index (χ0v) is 14.3. The summed E-state index contributed by atoms with van der Waals surface area (Å²) in [5, 5.41) is 5.97. The van der Waals surface area contributed by atoms with E-state index in [0.717, 1.165) is 41.0 Å². The van der Waals surface area contributed by atoms with Gasteiger partial charge in [-0.15, -0.1) is 4.52 Å². The Labute approximate surface area is 145 Å². The molecule has 0 atom stereocenters. The van der Waals surface area contributed by atoms with Crippen LogP contribution >= 0.6 is 0 Å². The second-order valence-electron chi connectivity index (χ2n) is 6.56. The number of hydrogen-bond acceptors (Lipinski definition) is 3. The first-order valence-corrected chi connectivity index (χ1v) is 8.44. The number of benzene rings is 1. The van der Waals surface area contributed by atoms with Crippen LogP contribution in [-0.2, 0) is 4.79 Å². The molecule has 0 saturated heterocycles. The standard InChI is InChI=1S/C19H19N5O/c1-12(2)20-15-9-7-13(8-10-15)16-4-3-11-24-17(16)21-19(23-24)22-18(25)14-5-6-14/h3-4,7-11,14H,5-6H2,1-2H3,(H,22,23,25)/p+1. The quantitative estimate of drug-likeness (QED) is 0.567. The summed E-state index contributed by atoms with van der Waals surface area (Å²) < 4.78 is 1.82. The fraction of sp³-hybridized carbons (Fsp3) is 0.263. The number of carbonyl (C=O) groups excluding carboxylic acids is 1. The third kappa shape index (κ3) is 3.28. The molecule has 2 heterocycles. The number of nitrogens with zero attached hydrogens (tertiary/aromatic N) is 3. The molecule has 0 spiro atoms. The summed E-state index contributed by atoms with van der Waals surface area (Å²) in [6, 6.07) is 12.0. The number of H-pyrrole nitrogens is 1. The molecule has 0 bridgehead atoms. The van der Waals surface area contributed by atoms with Crippen LogP contribution in [0.3, 0.4) is 0 Å². The van der Waals surface area contributed by atoms with Gasteiger partial charge in [0.25, 0.3) is 0 Å². The third-order valence-electron chi connectivity index (χ3n) is 4.13. The average molecular weight is 334 g/mol. The highest BCUT2D eigenvalue weighted by molar-refractivity contribution is 5.92. The number of anilines is 1. The van der Waals surface area contributed by atoms with Gasteiger partial charge in [-0.25, -0.2) is 0 Å². The maximum atomic E-state index is 11.9. The minimum absolute atomic E-state index is 0.0401. The maximum absolute atomic E-state index is 11.9. The van der Waals surface area contributed by atoms with Crippen molar-refractivity contribution < 1.29 is 9.31 Å². The van der Waals surface area contributed by atoms with Crippen LogP contribution in [0.2, 0.25) is 0 Å². The lowest BCUT2D eigenvalue weighted by Gasteiger charge is -2.00. The van der Waals surface area contributed by atoms with E-state index in [-0.39, 0.29) is 11.8 Å². The number of pyridine rings is 1. The number of carbonyl (C=O) groups is 1. The number of rotatable bonds is 4. The molecule has 0 radical (unpaired) electrons. The summed E-state index contributed by atoms with van der Waals surface area (Å²) in [4.78, 5) is 21.0. The van der Waals surface area contributed by atoms with E-state index in [1.54, 1.807) is 0 Å². The van der Waals surface area contributed by atoms with Gasteiger partial charge in [0.1, 0.15) is 6.20 Å². The van der Waals surface area contributed by atoms with E-state index < -0.39 is 0 Å². The minimum atomic E-state index is 0.0401. The number of aliphatic imine (C=N–C) groups is 1. The Balaban J connectivity index is 1.68. The van der Waals surface area contributed by atoms with Crippen molar-refractivity contribution in [2.24, 2.45) is 10.9 Å². The van der Waals surface area contributed by atoms with Crippen LogP contribution < -0.4 is 9.83 Å². The third-order valence-corrected chi connectivity index (χ3v) is 4.13. The smallest absolute Gasteiger partial charge is 0.274 e. The van der Waals surface area contributed by atoms with Gasteiger partial charge in [0, 0.05) is 16.6 Å². The van der Waals surface area contributed by atoms with Crippen LogP contribution in [0.4, 0.5) is 11.6 Å². The summed E-state index contributed by atoms with van der Waals surface area (Å²) in [5.41, 5.74) is 4.78. The highest BCUT2D eigenvalue weighted by Crippen LogP contribution is 2.30. The van der Waals surface area contributed by atoms with Gasteiger partial charge in [-0.05, 0) is 56.5 Å². The van der Waals surface area contributed by atoms with Gasteiger partial charge in [0.15, 0.2) is 0 Å². The number of hydrogen-bond donors (Lipinski definition) is 2. The van der Waals surface area contributed by atoms with Gasteiger partial charge in [-0.1, -0.05) is 12.1 Å². The van der Waals surface area contributed by atoms with Crippen LogP contribution in [0.15, 0.2) is 47.6 Å². The Bertz CT molecular complexity index is 963. The van der Waals surface area contributed by atoms with E-state index in [4.69, 9.17) is 0 Å². The van der Waals surface area contributed by atoms with Crippen molar-refractivity contribution in [2.45, 2.75) is 26.7 Å². The predicted octanol–water partition coefficient (Wildman–Crippen LogP) is 3.28. The van der Waals surface area contributed by atoms with Crippen molar-refractivity contribution >= 4 is 28.9 Å². The van der Waals surface area contributed by atoms with Gasteiger partial charge in [-0.3, -0.25) is 15.1 Å². The molecule has 0 aliphatic heterocycles. The number of aromatic amines is 1. The lowest BCUT2D eigenvalue weighted by molar-refractivity contribution is -0.576. The SMILES string of the molecule is CC(C)=Nc1ccc(-c2ccc[n+]3[nH]c(NC(=O)C4CC4)nc23)cc1. The molecule has 1 saturated carbocycles. The molecule has 3 aromatic rings. The number of nitrogens with one attached hydrogen (secondary N) is 2. The summed E-state index contributed by atoms with van der Waals surface area (Å²) in [6.07, 6.45) is 3.82. The predicted molar refractivity (Wildman–Crippen MR) is 97.0 cm³/mol. The second kappa shape index (κ2) is 6.12. The van der Waals surface area contributed by atoms with Crippen LogP contribution in [0.5, 0.6) is 0 Å². The van der Waals surface area contributed by atoms with E-state index in [0.29, 0.717) is 5.95 Å². The van der Waals surface area contributed by atoms with Crippen LogP contribution in [0, 0.1) is 5.92 Å². The number of aromatic nitrogens is 3. The molecule has 1 aliphatic carbocycles. The molecule has 6 heteroatoms. The molecule has 2 aromatic heterocycles. The Morgan fingerprint density at radius 2 is 2.00 bits per heavy atom. The molecule has 6 nitrogen and oxygen atoms in total. The molecular weight excluding hydrogens is 314 g/mol. The zero-order valence-electron chi connectivity index (χ0n) is 14.3. The fourth-order valence-corrected chi connectivity index (χ4v) is 2.77. The topological polar surface area (TPSA) is 74.2 Å². The number of amides is 1. The zero-order chi connectivity index (χ0) is 17.4. The first-order valence-electron chi connectivity index (χ1n) is 8.44. The van der Waals surface area contributed by atoms with Crippen molar-refractivity contribution in [1.82, 2.24) is 10.1 Å². The van der Waals surface area contributed by atoms with E-state index in [1.165, 1.54) is 0 Å². The molecular formula is C19H20N5O+. The van der Waals surface area contributed by atoms with Gasteiger partial charge in [0.2, 0.25) is 5.91 Å². The molecule has 1 aliphatic rings. The Morgan fingerprint density at radius 1 is 1.24 bits per heavy atom. The first kappa shape index (κ1) is 15.5. The van der Waals surface area contributed by atoms with Crippen molar-refractivity contribution in [3.8, 4) is 11.1 Å². The highest BCUT2D eigenvalue weighted by Gasteiger charge is 2.31. The van der Waals surface area contributed by atoms with Gasteiger partial charge in [-0.2, -0.15) is 5.10 Å². The highest BCUT2D eigenvalue weighted by atomic mass is 16.2. The Hall–Kier alpha value is -3.02. The van der Waals surface area contributed by atoms with E-state index >= 15 is 0 Å². The average Bonchev–Trinajstić information content (AvgIpc) is 3.35. The van der Waals surface area contributed by atoms with E-state index in [1.807, 2.05) is 61.0 Å². The summed E-state index contributed by atoms with van der Waals surface area (Å²) in [7, 11) is 0. The van der Waals surface area contributed by atoms with Gasteiger partial charge < -0.3 is 0 Å². The second-order valence-corrected chi connectivity index (χ2v) is 6.56. The van der Waals surface area contributed by atoms with Crippen molar-refractivity contribution in [3.05, 3.63) is 42.6 Å². The molecule has 4 rings (SSSR count). The van der Waals surface area contributed by atoms with Crippen LogP contribution in [0.25, 0.3) is 16.8 Å². The lowest BCUT2D eigenvalue weighted by Crippen LogP contribution is -2.23. The van der Waals surface area contributed by atoms with Gasteiger partial charge >= 0.3 is 11.6 Å². The van der Waals surface area contributed by atoms with Gasteiger partial charge in [0.05, 0.1) is 11.3 Å². The largest absolute Gasteiger partial charge is 0.358 e. The van der Waals surface area contributed by atoms with Crippen molar-refractivity contribution in [1.29, 1.82) is 0 Å². The minimum Gasteiger partial charge on any atom is -0.274 e. The van der Waals surface area contributed by atoms with Crippen LogP contribution in [-0.4, -0.2) is 21.7 Å². The Morgan fingerprint density at radius 3 is 2.68 bits per heavy atom.